The fourth-order valence-electron chi connectivity index (χ4n) is 0.989. The molecule has 0 saturated heterocycles. The predicted octanol–water partition coefficient (Wildman–Crippen LogP) is 0.220. The lowest BCUT2D eigenvalue weighted by atomic mass is 10.3. The molecule has 0 heterocycles. The highest BCUT2D eigenvalue weighted by Gasteiger charge is 2.30. The van der Waals surface area contributed by atoms with Crippen molar-refractivity contribution < 1.29 is 14.3 Å². The van der Waals surface area contributed by atoms with Crippen LogP contribution in [0.25, 0.3) is 0 Å². The molecule has 0 aliphatic heterocycles. The first-order valence-electron chi connectivity index (χ1n) is 3.90. The Labute approximate surface area is 70.6 Å². The molecule has 0 aromatic heterocycles. The quantitative estimate of drug-likeness (QED) is 0.364. The summed E-state index contributed by atoms with van der Waals surface area (Å²) in [6.45, 7) is 1.88. The Morgan fingerprint density at radius 2 is 2.42 bits per heavy atom. The number of ether oxygens (including phenoxy) is 1. The van der Waals surface area contributed by atoms with Gasteiger partial charge in [0.15, 0.2) is 5.94 Å². The van der Waals surface area contributed by atoms with E-state index in [9.17, 15) is 9.59 Å². The van der Waals surface area contributed by atoms with Gasteiger partial charge in [-0.25, -0.2) is 4.79 Å². The van der Waals surface area contributed by atoms with Gasteiger partial charge in [-0.05, 0) is 25.7 Å². The normalized spacial score (nSPS) is 17.4. The third-order valence-corrected chi connectivity index (χ3v) is 1.87. The van der Waals surface area contributed by atoms with Gasteiger partial charge in [-0.1, -0.05) is 0 Å². The summed E-state index contributed by atoms with van der Waals surface area (Å²) < 4.78 is 5.11. The van der Waals surface area contributed by atoms with E-state index in [0.717, 1.165) is 12.8 Å². The molecule has 1 unspecified atom stereocenters. The van der Waals surface area contributed by atoms with Crippen LogP contribution in [-0.2, 0) is 14.3 Å². The van der Waals surface area contributed by atoms with Gasteiger partial charge < -0.3 is 4.74 Å². The molecule has 1 aliphatic rings. The van der Waals surface area contributed by atoms with Gasteiger partial charge >= 0.3 is 0 Å². The third kappa shape index (κ3) is 2.40. The molecule has 12 heavy (non-hydrogen) atoms. The molecule has 0 aromatic carbocycles. The number of carbonyl (C=O) groups is 1. The first-order valence-corrected chi connectivity index (χ1v) is 3.90. The monoisotopic (exact) mass is 169 g/mol. The molecule has 1 amide bonds. The Balaban J connectivity index is 2.35. The SMILES string of the molecule is CC(OC(=C=O)NC=O)C1CC1. The van der Waals surface area contributed by atoms with E-state index < -0.39 is 0 Å². The Morgan fingerprint density at radius 3 is 2.83 bits per heavy atom. The minimum atomic E-state index is -0.121. The molecular weight excluding hydrogens is 158 g/mol. The summed E-state index contributed by atoms with van der Waals surface area (Å²) in [5.74, 6) is 1.93. The fourth-order valence-corrected chi connectivity index (χ4v) is 0.989. The highest BCUT2D eigenvalue weighted by Crippen LogP contribution is 2.34. The standard InChI is InChI=1S/C8H11NO3/c1-6(7-2-3-7)12-8(4-10)9-5-11/h5-7H,2-3H2,1H3,(H,9,11). The Morgan fingerprint density at radius 1 is 1.75 bits per heavy atom. The Kier molecular flexibility index (Phi) is 2.88. The molecular formula is C8H11NO3. The summed E-state index contributed by atoms with van der Waals surface area (Å²) in [4.78, 5) is 20.1. The summed E-state index contributed by atoms with van der Waals surface area (Å²) in [5.41, 5.74) is 0. The van der Waals surface area contributed by atoms with E-state index >= 15 is 0 Å². The number of hydrogen-bond acceptors (Lipinski definition) is 3. The van der Waals surface area contributed by atoms with Crippen molar-refractivity contribution in [3.63, 3.8) is 0 Å². The minimum absolute atomic E-state index is 0.00565. The second-order valence-electron chi connectivity index (χ2n) is 2.85. The van der Waals surface area contributed by atoms with Gasteiger partial charge in [0.05, 0.1) is 0 Å². The van der Waals surface area contributed by atoms with Crippen LogP contribution in [0.4, 0.5) is 0 Å². The molecule has 66 valence electrons. The predicted molar refractivity (Wildman–Crippen MR) is 41.7 cm³/mol. The van der Waals surface area contributed by atoms with Crippen LogP contribution < -0.4 is 5.32 Å². The molecule has 4 nitrogen and oxygen atoms in total. The van der Waals surface area contributed by atoms with Gasteiger partial charge in [-0.15, -0.1) is 0 Å². The van der Waals surface area contributed by atoms with Crippen LogP contribution in [0, 0.1) is 5.92 Å². The molecule has 1 fully saturated rings. The van der Waals surface area contributed by atoms with E-state index in [2.05, 4.69) is 5.32 Å². The average molecular weight is 169 g/mol. The number of rotatable bonds is 5. The molecule has 1 aliphatic carbocycles. The number of hydrogen-bond donors (Lipinski definition) is 1. The first kappa shape index (κ1) is 8.81. The van der Waals surface area contributed by atoms with Crippen molar-refractivity contribution in [3.8, 4) is 0 Å². The second-order valence-corrected chi connectivity index (χ2v) is 2.85. The summed E-state index contributed by atoms with van der Waals surface area (Å²) in [5, 5.41) is 2.14. The van der Waals surface area contributed by atoms with E-state index in [1.807, 2.05) is 6.92 Å². The molecule has 1 atom stereocenters. The van der Waals surface area contributed by atoms with Crippen LogP contribution in [-0.4, -0.2) is 18.5 Å². The van der Waals surface area contributed by atoms with Crippen LogP contribution >= 0.6 is 0 Å². The van der Waals surface area contributed by atoms with Gasteiger partial charge in [-0.2, -0.15) is 0 Å². The molecule has 0 aromatic rings. The molecule has 1 saturated carbocycles. The third-order valence-electron chi connectivity index (χ3n) is 1.87. The van der Waals surface area contributed by atoms with Crippen LogP contribution in [0.2, 0.25) is 0 Å². The molecule has 1 rings (SSSR count). The van der Waals surface area contributed by atoms with Crippen LogP contribution in [0.5, 0.6) is 0 Å². The van der Waals surface area contributed by atoms with Crippen LogP contribution in [0.3, 0.4) is 0 Å². The van der Waals surface area contributed by atoms with Crippen molar-refractivity contribution in [2.45, 2.75) is 25.9 Å². The van der Waals surface area contributed by atoms with Crippen molar-refractivity contribution >= 4 is 12.4 Å². The Hall–Kier alpha value is -1.28. The highest BCUT2D eigenvalue weighted by molar-refractivity contribution is 5.58. The van der Waals surface area contributed by atoms with E-state index in [0.29, 0.717) is 12.3 Å². The fraction of sp³-hybridized carbons (Fsp3) is 0.625. The largest absolute Gasteiger partial charge is 0.468 e. The van der Waals surface area contributed by atoms with Crippen molar-refractivity contribution in [2.24, 2.45) is 5.92 Å². The van der Waals surface area contributed by atoms with Gasteiger partial charge in [0.2, 0.25) is 6.41 Å². The van der Waals surface area contributed by atoms with E-state index in [-0.39, 0.29) is 12.0 Å². The van der Waals surface area contributed by atoms with E-state index in [4.69, 9.17) is 4.74 Å². The van der Waals surface area contributed by atoms with Crippen molar-refractivity contribution in [2.75, 3.05) is 0 Å². The zero-order valence-corrected chi connectivity index (χ0v) is 6.87. The summed E-state index contributed by atoms with van der Waals surface area (Å²) in [6.07, 6.45) is 2.66. The van der Waals surface area contributed by atoms with Crippen LogP contribution in [0.1, 0.15) is 19.8 Å². The van der Waals surface area contributed by atoms with E-state index in [1.54, 1.807) is 0 Å². The smallest absolute Gasteiger partial charge is 0.282 e. The summed E-state index contributed by atoms with van der Waals surface area (Å²) >= 11 is 0. The van der Waals surface area contributed by atoms with Gasteiger partial charge in [0.1, 0.15) is 6.10 Å². The number of carbonyl (C=O) groups excluding carboxylic acids is 2. The zero-order valence-electron chi connectivity index (χ0n) is 6.87. The first-order chi connectivity index (χ1) is 5.77. The van der Waals surface area contributed by atoms with E-state index in [1.165, 1.54) is 5.94 Å². The number of nitrogens with one attached hydrogen (secondary N) is 1. The Bertz CT molecular complexity index is 216. The lowest BCUT2D eigenvalue weighted by Gasteiger charge is -2.12. The molecule has 1 N–H and O–H groups in total. The maximum absolute atomic E-state index is 10.2. The summed E-state index contributed by atoms with van der Waals surface area (Å²) in [6, 6.07) is 0. The maximum Gasteiger partial charge on any atom is 0.282 e. The lowest BCUT2D eigenvalue weighted by Crippen LogP contribution is -2.20. The zero-order chi connectivity index (χ0) is 8.97. The molecule has 0 spiro atoms. The van der Waals surface area contributed by atoms with Gasteiger partial charge in [0, 0.05) is 0 Å². The van der Waals surface area contributed by atoms with Gasteiger partial charge in [0.25, 0.3) is 5.88 Å². The van der Waals surface area contributed by atoms with Crippen molar-refractivity contribution in [1.82, 2.24) is 5.32 Å². The van der Waals surface area contributed by atoms with Crippen molar-refractivity contribution in [1.29, 1.82) is 0 Å². The van der Waals surface area contributed by atoms with Crippen molar-refractivity contribution in [3.05, 3.63) is 5.88 Å². The molecule has 4 heteroatoms. The maximum atomic E-state index is 10.2. The summed E-state index contributed by atoms with van der Waals surface area (Å²) in [7, 11) is 0. The number of amides is 1. The molecule has 0 bridgehead atoms. The highest BCUT2D eigenvalue weighted by atomic mass is 16.5. The van der Waals surface area contributed by atoms with Crippen LogP contribution in [0.15, 0.2) is 5.88 Å². The topological polar surface area (TPSA) is 55.4 Å². The average Bonchev–Trinajstić information content (AvgIpc) is 2.85. The second kappa shape index (κ2) is 3.93. The lowest BCUT2D eigenvalue weighted by molar-refractivity contribution is -0.109. The minimum Gasteiger partial charge on any atom is -0.468 e. The molecule has 0 radical (unpaired) electrons. The van der Waals surface area contributed by atoms with Gasteiger partial charge in [-0.3, -0.25) is 10.1 Å².